The molecule has 0 aliphatic heterocycles. The van der Waals surface area contributed by atoms with Crippen LogP contribution in [0.15, 0.2) is 85.1 Å². The lowest BCUT2D eigenvalue weighted by Gasteiger charge is -2.20. The van der Waals surface area contributed by atoms with Crippen LogP contribution < -0.4 is 5.73 Å². The zero-order chi connectivity index (χ0) is 43.3. The first-order valence-corrected chi connectivity index (χ1v) is 24.1. The number of nitrogens with two attached hydrogens (primary N) is 1. The average Bonchev–Trinajstić information content (AvgIpc) is 3.21. The van der Waals surface area contributed by atoms with Crippen molar-refractivity contribution in [2.45, 2.75) is 180 Å². The number of phosphoric ester groups is 1. The van der Waals surface area contributed by atoms with Crippen molar-refractivity contribution >= 4 is 19.8 Å². The lowest BCUT2D eigenvalue weighted by molar-refractivity contribution is -0.154. The minimum Gasteiger partial charge on any atom is -0.480 e. The molecule has 0 spiro atoms. The molecule has 11 heteroatoms. The summed E-state index contributed by atoms with van der Waals surface area (Å²) in [6.45, 7) is 3.65. The van der Waals surface area contributed by atoms with Gasteiger partial charge in [0.2, 0.25) is 0 Å². The number of esters is 1. The second-order valence-corrected chi connectivity index (χ2v) is 16.2. The number of carboxylic acid groups (broad SMARTS) is 1. The molecular weight excluding hydrogens is 766 g/mol. The fourth-order valence-corrected chi connectivity index (χ4v) is 6.46. The van der Waals surface area contributed by atoms with E-state index in [1.807, 2.05) is 12.2 Å². The Balaban J connectivity index is 4.36. The number of carboxylic acids is 1. The molecule has 0 rings (SSSR count). The van der Waals surface area contributed by atoms with Gasteiger partial charge >= 0.3 is 19.8 Å². The van der Waals surface area contributed by atoms with E-state index in [0.29, 0.717) is 13.0 Å². The van der Waals surface area contributed by atoms with E-state index < -0.39 is 45.1 Å². The highest BCUT2D eigenvalue weighted by atomic mass is 31.2. The smallest absolute Gasteiger partial charge is 0.472 e. The van der Waals surface area contributed by atoms with Gasteiger partial charge in [-0.3, -0.25) is 18.6 Å². The lowest BCUT2D eigenvalue weighted by atomic mass is 10.1. The maximum atomic E-state index is 12.6. The lowest BCUT2D eigenvalue weighted by Crippen LogP contribution is -2.34. The zero-order valence-electron chi connectivity index (χ0n) is 36.8. The van der Waals surface area contributed by atoms with Gasteiger partial charge in [0.1, 0.15) is 12.1 Å². The van der Waals surface area contributed by atoms with E-state index in [1.54, 1.807) is 0 Å². The van der Waals surface area contributed by atoms with Crippen molar-refractivity contribution in [1.29, 1.82) is 0 Å². The summed E-state index contributed by atoms with van der Waals surface area (Å²) in [6, 6.07) is -1.49. The quantitative estimate of drug-likeness (QED) is 0.0234. The van der Waals surface area contributed by atoms with E-state index in [4.69, 9.17) is 29.4 Å². The molecule has 0 bridgehead atoms. The Hall–Kier alpha value is -2.85. The first-order valence-electron chi connectivity index (χ1n) is 22.6. The topological polar surface area (TPSA) is 155 Å². The van der Waals surface area contributed by atoms with Gasteiger partial charge in [-0.25, -0.2) is 4.57 Å². The van der Waals surface area contributed by atoms with Crippen LogP contribution in [-0.4, -0.2) is 60.5 Å². The van der Waals surface area contributed by atoms with Gasteiger partial charge in [-0.05, 0) is 77.0 Å². The standard InChI is InChI=1S/C48H82NO9P/c1-3-5-7-9-11-13-15-17-19-21-23-24-26-28-30-32-34-36-38-40-47(50)58-45(43-56-59(53,54)57-44-46(49)48(51)52)42-55-41-39-37-35-33-31-29-27-25-22-20-18-16-14-12-10-8-6-4-2/h5,7,11,13,17-20,23-24,28,30,34,36,45-46H,3-4,6,8-10,12,14-16,21-22,25-27,29,31-33,35,37-44,49H2,1-2H3,(H,51,52)(H,53,54)/b7-5-,13-11-,19-17-,20-18-,24-23-,30-28-,36-34-. The first kappa shape index (κ1) is 56.1. The Morgan fingerprint density at radius 1 is 0.559 bits per heavy atom. The molecule has 338 valence electrons. The van der Waals surface area contributed by atoms with Gasteiger partial charge in [0.15, 0.2) is 0 Å². The maximum Gasteiger partial charge on any atom is 0.472 e. The zero-order valence-corrected chi connectivity index (χ0v) is 37.7. The molecule has 0 aliphatic rings. The van der Waals surface area contributed by atoms with Crippen LogP contribution in [0.5, 0.6) is 0 Å². The second kappa shape index (κ2) is 43.2. The van der Waals surface area contributed by atoms with Crippen molar-refractivity contribution in [3.05, 3.63) is 85.1 Å². The summed E-state index contributed by atoms with van der Waals surface area (Å²) in [5, 5.41) is 8.90. The number of carbonyl (C=O) groups excluding carboxylic acids is 1. The van der Waals surface area contributed by atoms with Gasteiger partial charge in [-0.1, -0.05) is 170 Å². The highest BCUT2D eigenvalue weighted by molar-refractivity contribution is 7.47. The summed E-state index contributed by atoms with van der Waals surface area (Å²) in [6.07, 6.45) is 55.1. The van der Waals surface area contributed by atoms with Crippen LogP contribution in [0.3, 0.4) is 0 Å². The predicted molar refractivity (Wildman–Crippen MR) is 244 cm³/mol. The first-order chi connectivity index (χ1) is 28.7. The van der Waals surface area contributed by atoms with Crippen LogP contribution in [0.25, 0.3) is 0 Å². The normalized spacial score (nSPS) is 14.6. The fourth-order valence-electron chi connectivity index (χ4n) is 5.68. The van der Waals surface area contributed by atoms with Gasteiger partial charge in [0.25, 0.3) is 0 Å². The third kappa shape index (κ3) is 43.1. The van der Waals surface area contributed by atoms with Gasteiger partial charge in [-0.15, -0.1) is 0 Å². The molecule has 0 radical (unpaired) electrons. The van der Waals surface area contributed by atoms with Crippen LogP contribution in [0.4, 0.5) is 0 Å². The van der Waals surface area contributed by atoms with E-state index in [-0.39, 0.29) is 13.0 Å². The predicted octanol–water partition coefficient (Wildman–Crippen LogP) is 12.8. The van der Waals surface area contributed by atoms with Crippen LogP contribution in [0, 0.1) is 0 Å². The monoisotopic (exact) mass is 848 g/mol. The van der Waals surface area contributed by atoms with Gasteiger partial charge in [0.05, 0.1) is 19.8 Å². The molecule has 59 heavy (non-hydrogen) atoms. The Kier molecular flexibility index (Phi) is 41.2. The fraction of sp³-hybridized carbons (Fsp3) is 0.667. The van der Waals surface area contributed by atoms with E-state index in [9.17, 15) is 19.0 Å². The highest BCUT2D eigenvalue weighted by Crippen LogP contribution is 2.43. The number of aliphatic carboxylic acids is 1. The number of carbonyl (C=O) groups is 2. The SMILES string of the molecule is CC/C=C\C/C=C\C/C=C\C/C=C\C/C=C\C/C=C\CCC(=O)OC(COCCCCCCCCCC/C=C\CCCCCCCC)COP(=O)(O)OCC(N)C(=O)O. The number of ether oxygens (including phenoxy) is 2. The molecule has 0 saturated heterocycles. The number of allylic oxidation sites excluding steroid dienone is 14. The van der Waals surface area contributed by atoms with Crippen LogP contribution in [0.1, 0.15) is 168 Å². The molecule has 4 N–H and O–H groups in total. The number of unbranched alkanes of at least 4 members (excludes halogenated alkanes) is 14. The summed E-state index contributed by atoms with van der Waals surface area (Å²) >= 11 is 0. The number of hydrogen-bond donors (Lipinski definition) is 3. The Bertz CT molecular complexity index is 1260. The summed E-state index contributed by atoms with van der Waals surface area (Å²) < 4.78 is 33.3. The molecule has 0 saturated carbocycles. The summed E-state index contributed by atoms with van der Waals surface area (Å²) in [5.74, 6) is -1.87. The molecule has 0 aromatic rings. The molecule has 0 amide bonds. The van der Waals surface area contributed by atoms with Gasteiger partial charge < -0.3 is 25.2 Å². The largest absolute Gasteiger partial charge is 0.480 e. The molecule has 3 unspecified atom stereocenters. The molecule has 0 aromatic heterocycles. The Morgan fingerprint density at radius 2 is 0.983 bits per heavy atom. The molecular formula is C48H82NO9P. The van der Waals surface area contributed by atoms with Gasteiger partial charge in [-0.2, -0.15) is 0 Å². The van der Waals surface area contributed by atoms with Crippen molar-refractivity contribution in [2.24, 2.45) is 5.73 Å². The molecule has 0 aliphatic carbocycles. The molecule has 0 aromatic carbocycles. The molecule has 3 atom stereocenters. The Labute approximate surface area is 358 Å². The minimum atomic E-state index is -4.64. The summed E-state index contributed by atoms with van der Waals surface area (Å²) in [4.78, 5) is 33.5. The molecule has 0 fully saturated rings. The summed E-state index contributed by atoms with van der Waals surface area (Å²) in [7, 11) is -4.64. The average molecular weight is 848 g/mol. The van der Waals surface area contributed by atoms with Crippen LogP contribution >= 0.6 is 7.82 Å². The van der Waals surface area contributed by atoms with Gasteiger partial charge in [0, 0.05) is 13.0 Å². The van der Waals surface area contributed by atoms with Crippen molar-refractivity contribution in [3.8, 4) is 0 Å². The van der Waals surface area contributed by atoms with Crippen LogP contribution in [-0.2, 0) is 32.7 Å². The van der Waals surface area contributed by atoms with Crippen molar-refractivity contribution in [3.63, 3.8) is 0 Å². The van der Waals surface area contributed by atoms with Crippen molar-refractivity contribution < 1.29 is 42.7 Å². The van der Waals surface area contributed by atoms with Crippen molar-refractivity contribution in [2.75, 3.05) is 26.4 Å². The van der Waals surface area contributed by atoms with E-state index >= 15 is 0 Å². The van der Waals surface area contributed by atoms with E-state index in [2.05, 4.69) is 86.8 Å². The number of phosphoric acid groups is 1. The Morgan fingerprint density at radius 3 is 1.47 bits per heavy atom. The highest BCUT2D eigenvalue weighted by Gasteiger charge is 2.27. The third-order valence-electron chi connectivity index (χ3n) is 9.17. The molecule has 0 heterocycles. The minimum absolute atomic E-state index is 0.0201. The number of rotatable bonds is 42. The van der Waals surface area contributed by atoms with E-state index in [0.717, 1.165) is 57.8 Å². The molecule has 10 nitrogen and oxygen atoms in total. The van der Waals surface area contributed by atoms with Crippen molar-refractivity contribution in [1.82, 2.24) is 0 Å². The number of hydrogen-bond acceptors (Lipinski definition) is 8. The maximum absolute atomic E-state index is 12.6. The van der Waals surface area contributed by atoms with Crippen LogP contribution in [0.2, 0.25) is 0 Å². The third-order valence-corrected chi connectivity index (χ3v) is 10.1. The van der Waals surface area contributed by atoms with E-state index in [1.165, 1.54) is 83.5 Å². The summed E-state index contributed by atoms with van der Waals surface area (Å²) in [5.41, 5.74) is 5.35. The second-order valence-electron chi connectivity index (χ2n) is 14.8.